The van der Waals surface area contributed by atoms with Gasteiger partial charge in [0.1, 0.15) is 11.9 Å². The number of rotatable bonds is 3. The molecule has 0 atom stereocenters. The predicted octanol–water partition coefficient (Wildman–Crippen LogP) is 1.58. The van der Waals surface area contributed by atoms with Crippen LogP contribution in [0.1, 0.15) is 12.5 Å². The largest absolute Gasteiger partial charge is 0.436 e. The van der Waals surface area contributed by atoms with E-state index in [-0.39, 0.29) is 6.15 Å². The van der Waals surface area contributed by atoms with Crippen LogP contribution < -0.4 is 4.74 Å². The average Bonchev–Trinajstić information content (AvgIpc) is 2.83. The van der Waals surface area contributed by atoms with Crippen LogP contribution in [-0.2, 0) is 16.0 Å². The number of hydrogen-bond acceptors (Lipinski definition) is 5. The Labute approximate surface area is 97.6 Å². The molecule has 0 saturated heterocycles. The molecule has 1 aromatic heterocycles. The Hall–Kier alpha value is -2.46. The predicted molar refractivity (Wildman–Crippen MR) is 57.3 cm³/mol. The Bertz CT molecular complexity index is 476. The summed E-state index contributed by atoms with van der Waals surface area (Å²) in [5.74, 6) is 1.27. The molecule has 0 bridgehead atoms. The van der Waals surface area contributed by atoms with Crippen LogP contribution in [0.2, 0.25) is 0 Å². The van der Waals surface area contributed by atoms with E-state index in [1.165, 1.54) is 5.56 Å². The van der Waals surface area contributed by atoms with E-state index < -0.39 is 0 Å². The molecule has 6 heteroatoms. The van der Waals surface area contributed by atoms with Crippen LogP contribution in [0.15, 0.2) is 30.5 Å². The van der Waals surface area contributed by atoms with Gasteiger partial charge in [0.2, 0.25) is 0 Å². The second-order valence-corrected chi connectivity index (χ2v) is 2.99. The summed E-state index contributed by atoms with van der Waals surface area (Å²) in [7, 11) is 0. The molecule has 1 aromatic carbocycles. The molecular formula is C11H11N3O3. The molecule has 0 radical (unpaired) electrons. The topological polar surface area (TPSA) is 84.9 Å². The van der Waals surface area contributed by atoms with E-state index >= 15 is 0 Å². The zero-order valence-electron chi connectivity index (χ0n) is 9.21. The molecule has 6 nitrogen and oxygen atoms in total. The minimum atomic E-state index is 0.250. The standard InChI is InChI=1S/C10H11N3O.CO2/c1-2-8-4-3-5-9(6-8)14-10-7-11-13-12-10;2-1-3/h3-7H,2H2,1H3,(H,11,12,13);. The third kappa shape index (κ3) is 4.27. The number of benzene rings is 1. The molecule has 88 valence electrons. The van der Waals surface area contributed by atoms with E-state index in [0.29, 0.717) is 5.88 Å². The van der Waals surface area contributed by atoms with Crippen molar-refractivity contribution in [1.82, 2.24) is 15.4 Å². The Kier molecular flexibility index (Phi) is 5.13. The van der Waals surface area contributed by atoms with Gasteiger partial charge in [0.05, 0.1) is 0 Å². The van der Waals surface area contributed by atoms with Crippen LogP contribution >= 0.6 is 0 Å². The first-order valence-corrected chi connectivity index (χ1v) is 4.92. The van der Waals surface area contributed by atoms with Crippen molar-refractivity contribution in [3.05, 3.63) is 36.0 Å². The van der Waals surface area contributed by atoms with Crippen molar-refractivity contribution >= 4 is 6.15 Å². The Morgan fingerprint density at radius 3 is 2.76 bits per heavy atom. The van der Waals surface area contributed by atoms with Gasteiger partial charge in [-0.3, -0.25) is 0 Å². The van der Waals surface area contributed by atoms with Gasteiger partial charge >= 0.3 is 6.15 Å². The van der Waals surface area contributed by atoms with Crippen molar-refractivity contribution < 1.29 is 14.3 Å². The molecule has 0 spiro atoms. The number of carbonyl (C=O) groups excluding carboxylic acids is 2. The number of H-pyrrole nitrogens is 1. The average molecular weight is 233 g/mol. The van der Waals surface area contributed by atoms with Crippen molar-refractivity contribution in [2.24, 2.45) is 0 Å². The highest BCUT2D eigenvalue weighted by Crippen LogP contribution is 2.19. The Morgan fingerprint density at radius 2 is 2.18 bits per heavy atom. The van der Waals surface area contributed by atoms with E-state index in [9.17, 15) is 0 Å². The van der Waals surface area contributed by atoms with Crippen LogP contribution in [0.3, 0.4) is 0 Å². The van der Waals surface area contributed by atoms with Crippen LogP contribution in [-0.4, -0.2) is 21.6 Å². The molecule has 0 saturated carbocycles. The molecule has 0 fully saturated rings. The highest BCUT2D eigenvalue weighted by Gasteiger charge is 1.99. The first-order valence-electron chi connectivity index (χ1n) is 4.92. The zero-order chi connectivity index (χ0) is 12.5. The second kappa shape index (κ2) is 6.92. The fourth-order valence-corrected chi connectivity index (χ4v) is 1.19. The molecule has 0 unspecified atom stereocenters. The van der Waals surface area contributed by atoms with E-state index in [4.69, 9.17) is 14.3 Å². The van der Waals surface area contributed by atoms with Gasteiger partial charge in [0, 0.05) is 0 Å². The van der Waals surface area contributed by atoms with Gasteiger partial charge < -0.3 is 4.74 Å². The number of aromatic amines is 1. The lowest BCUT2D eigenvalue weighted by atomic mass is 10.2. The van der Waals surface area contributed by atoms with Gasteiger partial charge in [-0.25, -0.2) is 0 Å². The molecule has 0 aliphatic heterocycles. The third-order valence-corrected chi connectivity index (χ3v) is 1.92. The minimum Gasteiger partial charge on any atom is -0.436 e. The first kappa shape index (κ1) is 12.6. The zero-order valence-corrected chi connectivity index (χ0v) is 9.21. The van der Waals surface area contributed by atoms with Gasteiger partial charge in [-0.05, 0) is 24.1 Å². The second-order valence-electron chi connectivity index (χ2n) is 2.99. The van der Waals surface area contributed by atoms with Gasteiger partial charge in [-0.2, -0.15) is 19.9 Å². The van der Waals surface area contributed by atoms with Crippen molar-refractivity contribution in [2.75, 3.05) is 0 Å². The number of aryl methyl sites for hydroxylation is 1. The fraction of sp³-hybridized carbons (Fsp3) is 0.182. The van der Waals surface area contributed by atoms with Crippen molar-refractivity contribution in [1.29, 1.82) is 0 Å². The molecule has 17 heavy (non-hydrogen) atoms. The van der Waals surface area contributed by atoms with Gasteiger partial charge in [0.15, 0.2) is 0 Å². The lowest BCUT2D eigenvalue weighted by Gasteiger charge is -2.02. The van der Waals surface area contributed by atoms with Gasteiger partial charge in [-0.15, -0.1) is 5.10 Å². The summed E-state index contributed by atoms with van der Waals surface area (Å²) < 4.78 is 5.46. The Morgan fingerprint density at radius 1 is 1.41 bits per heavy atom. The molecular weight excluding hydrogens is 222 g/mol. The number of nitrogens with one attached hydrogen (secondary N) is 1. The summed E-state index contributed by atoms with van der Waals surface area (Å²) in [6, 6.07) is 7.92. The smallest absolute Gasteiger partial charge is 0.373 e. The summed E-state index contributed by atoms with van der Waals surface area (Å²) in [5, 5.41) is 9.96. The molecule has 0 aliphatic rings. The fourth-order valence-electron chi connectivity index (χ4n) is 1.19. The number of aromatic nitrogens is 3. The lowest BCUT2D eigenvalue weighted by Crippen LogP contribution is -1.86. The van der Waals surface area contributed by atoms with E-state index in [0.717, 1.165) is 12.2 Å². The van der Waals surface area contributed by atoms with Gasteiger partial charge in [0.25, 0.3) is 5.88 Å². The highest BCUT2D eigenvalue weighted by atomic mass is 16.5. The maximum Gasteiger partial charge on any atom is 0.373 e. The van der Waals surface area contributed by atoms with Crippen molar-refractivity contribution in [3.8, 4) is 11.6 Å². The van der Waals surface area contributed by atoms with Crippen LogP contribution in [0, 0.1) is 0 Å². The van der Waals surface area contributed by atoms with Crippen LogP contribution in [0.25, 0.3) is 0 Å². The summed E-state index contributed by atoms with van der Waals surface area (Å²) in [6.45, 7) is 2.11. The summed E-state index contributed by atoms with van der Waals surface area (Å²) >= 11 is 0. The number of nitrogens with zero attached hydrogens (tertiary/aromatic N) is 2. The summed E-state index contributed by atoms with van der Waals surface area (Å²) in [6.07, 6.45) is 2.79. The maximum absolute atomic E-state index is 8.12. The molecule has 2 aromatic rings. The quantitative estimate of drug-likeness (QED) is 0.869. The number of ether oxygens (including phenoxy) is 1. The minimum absolute atomic E-state index is 0.250. The normalized spacial score (nSPS) is 8.76. The molecule has 0 amide bonds. The van der Waals surface area contributed by atoms with E-state index in [1.807, 2.05) is 18.2 Å². The van der Waals surface area contributed by atoms with Crippen molar-refractivity contribution in [2.45, 2.75) is 13.3 Å². The third-order valence-electron chi connectivity index (χ3n) is 1.92. The summed E-state index contributed by atoms with van der Waals surface area (Å²) in [4.78, 5) is 16.2. The van der Waals surface area contributed by atoms with Crippen molar-refractivity contribution in [3.63, 3.8) is 0 Å². The maximum atomic E-state index is 8.12. The van der Waals surface area contributed by atoms with Crippen LogP contribution in [0.4, 0.5) is 0 Å². The van der Waals surface area contributed by atoms with E-state index in [2.05, 4.69) is 28.4 Å². The molecule has 0 aliphatic carbocycles. The van der Waals surface area contributed by atoms with Gasteiger partial charge in [-0.1, -0.05) is 19.1 Å². The lowest BCUT2D eigenvalue weighted by molar-refractivity contribution is -0.191. The highest BCUT2D eigenvalue weighted by molar-refractivity contribution is 5.30. The van der Waals surface area contributed by atoms with E-state index in [1.54, 1.807) is 6.20 Å². The number of hydrogen-bond donors (Lipinski definition) is 1. The van der Waals surface area contributed by atoms with Crippen LogP contribution in [0.5, 0.6) is 11.6 Å². The SMILES string of the molecule is CCc1cccc(Oc2cn[nH]n2)c1.O=C=O. The Balaban J connectivity index is 0.000000437. The molecule has 2 rings (SSSR count). The monoisotopic (exact) mass is 233 g/mol. The molecule has 1 N–H and O–H groups in total. The summed E-state index contributed by atoms with van der Waals surface area (Å²) in [5.41, 5.74) is 1.24. The molecule has 1 heterocycles. The first-order chi connectivity index (χ1) is 8.30.